The highest BCUT2D eigenvalue weighted by atomic mass is 16.3. The van der Waals surface area contributed by atoms with E-state index in [0.29, 0.717) is 5.56 Å². The van der Waals surface area contributed by atoms with Crippen LogP contribution in [0.4, 0.5) is 0 Å². The number of phenols is 1. The minimum absolute atomic E-state index is 0.142. The van der Waals surface area contributed by atoms with Crippen LogP contribution < -0.4 is 0 Å². The molecule has 0 aliphatic carbocycles. The molecule has 0 radical (unpaired) electrons. The van der Waals surface area contributed by atoms with Gasteiger partial charge in [-0.25, -0.2) is 0 Å². The molecule has 0 aliphatic rings. The van der Waals surface area contributed by atoms with E-state index in [0.717, 1.165) is 11.1 Å². The van der Waals surface area contributed by atoms with Crippen molar-refractivity contribution in [3.63, 3.8) is 0 Å². The second-order valence-corrected chi connectivity index (χ2v) is 4.86. The molecule has 0 atom stereocenters. The fraction of sp³-hybridized carbons (Fsp3) is 0.316. The maximum Gasteiger partial charge on any atom is 0.254 e. The van der Waals surface area contributed by atoms with Crippen molar-refractivity contribution in [2.24, 2.45) is 0 Å². The molecule has 0 saturated carbocycles. The zero-order valence-electron chi connectivity index (χ0n) is 14.1. The first-order valence-corrected chi connectivity index (χ1v) is 8.06. The summed E-state index contributed by atoms with van der Waals surface area (Å²) in [6, 6.07) is 13.9. The standard InChI is InChI=1S/C17H19NO4.C2H6/c19-11-9-18(10-12-20)17(22)15-3-1-13(2-4-15)14-5-7-16(21)8-6-14;1-2/h1-8,19-21H,9-12H2;1-2H3. The molecule has 0 spiro atoms. The number of aliphatic hydroxyl groups is 2. The van der Waals surface area contributed by atoms with Gasteiger partial charge in [0.2, 0.25) is 0 Å². The molecule has 5 heteroatoms. The molecule has 2 rings (SSSR count). The summed E-state index contributed by atoms with van der Waals surface area (Å²) < 4.78 is 0. The molecule has 0 aromatic heterocycles. The van der Waals surface area contributed by atoms with Crippen molar-refractivity contribution in [1.82, 2.24) is 4.90 Å². The summed E-state index contributed by atoms with van der Waals surface area (Å²) in [5.41, 5.74) is 2.39. The van der Waals surface area contributed by atoms with Gasteiger partial charge in [0.1, 0.15) is 5.75 Å². The number of hydrogen-bond donors (Lipinski definition) is 3. The molecule has 3 N–H and O–H groups in total. The third-order valence-electron chi connectivity index (χ3n) is 3.36. The lowest BCUT2D eigenvalue weighted by molar-refractivity contribution is 0.0685. The minimum atomic E-state index is -0.222. The average Bonchev–Trinajstić information content (AvgIpc) is 2.63. The van der Waals surface area contributed by atoms with Crippen LogP contribution >= 0.6 is 0 Å². The summed E-state index contributed by atoms with van der Waals surface area (Å²) in [7, 11) is 0. The molecule has 0 aliphatic heterocycles. The molecule has 0 saturated heterocycles. The van der Waals surface area contributed by atoms with E-state index in [1.54, 1.807) is 36.4 Å². The van der Waals surface area contributed by atoms with Gasteiger partial charge in [-0.05, 0) is 35.4 Å². The summed E-state index contributed by atoms with van der Waals surface area (Å²) in [5.74, 6) is -0.0143. The Kier molecular flexibility index (Phi) is 8.54. The second kappa shape index (κ2) is 10.4. The number of aromatic hydroxyl groups is 1. The lowest BCUT2D eigenvalue weighted by Crippen LogP contribution is -2.35. The van der Waals surface area contributed by atoms with Gasteiger partial charge in [0.15, 0.2) is 0 Å². The summed E-state index contributed by atoms with van der Waals surface area (Å²) in [6.07, 6.45) is 0. The maximum atomic E-state index is 12.3. The Morgan fingerprint density at radius 3 is 1.67 bits per heavy atom. The maximum absolute atomic E-state index is 12.3. The molecular formula is C19H25NO4. The number of benzene rings is 2. The molecular weight excluding hydrogens is 306 g/mol. The number of carbonyl (C=O) groups is 1. The van der Waals surface area contributed by atoms with Gasteiger partial charge in [-0.2, -0.15) is 0 Å². The quantitative estimate of drug-likeness (QED) is 0.760. The summed E-state index contributed by atoms with van der Waals surface area (Å²) in [6.45, 7) is 4.10. The lowest BCUT2D eigenvalue weighted by atomic mass is 10.0. The van der Waals surface area contributed by atoms with Crippen LogP contribution in [0.15, 0.2) is 48.5 Å². The molecule has 0 unspecified atom stereocenters. The number of hydrogen-bond acceptors (Lipinski definition) is 4. The first kappa shape index (κ1) is 19.7. The smallest absolute Gasteiger partial charge is 0.254 e. The Hall–Kier alpha value is -2.37. The van der Waals surface area contributed by atoms with E-state index < -0.39 is 0 Å². The molecule has 2 aromatic carbocycles. The van der Waals surface area contributed by atoms with Crippen molar-refractivity contribution in [3.8, 4) is 16.9 Å². The van der Waals surface area contributed by atoms with Crippen molar-refractivity contribution < 1.29 is 20.1 Å². The van der Waals surface area contributed by atoms with Gasteiger partial charge in [0.25, 0.3) is 5.91 Å². The Morgan fingerprint density at radius 2 is 1.25 bits per heavy atom. The molecule has 2 aromatic rings. The Labute approximate surface area is 142 Å². The van der Waals surface area contributed by atoms with Crippen LogP contribution in [-0.2, 0) is 0 Å². The zero-order valence-corrected chi connectivity index (χ0v) is 14.1. The highest BCUT2D eigenvalue weighted by Crippen LogP contribution is 2.22. The van der Waals surface area contributed by atoms with Crippen LogP contribution in [0.5, 0.6) is 5.75 Å². The van der Waals surface area contributed by atoms with Gasteiger partial charge in [-0.15, -0.1) is 0 Å². The van der Waals surface area contributed by atoms with Gasteiger partial charge in [-0.1, -0.05) is 38.1 Å². The Bertz CT molecular complexity index is 602. The number of aliphatic hydroxyl groups excluding tert-OH is 2. The highest BCUT2D eigenvalue weighted by molar-refractivity contribution is 5.94. The van der Waals surface area contributed by atoms with Crippen LogP contribution in [0.3, 0.4) is 0 Å². The third-order valence-corrected chi connectivity index (χ3v) is 3.36. The van der Waals surface area contributed by atoms with Crippen molar-refractivity contribution in [2.45, 2.75) is 13.8 Å². The van der Waals surface area contributed by atoms with Gasteiger partial charge in [0.05, 0.1) is 13.2 Å². The van der Waals surface area contributed by atoms with Gasteiger partial charge < -0.3 is 20.2 Å². The summed E-state index contributed by atoms with van der Waals surface area (Å²) in [4.78, 5) is 13.7. The van der Waals surface area contributed by atoms with Crippen molar-refractivity contribution in [2.75, 3.05) is 26.3 Å². The monoisotopic (exact) mass is 331 g/mol. The fourth-order valence-electron chi connectivity index (χ4n) is 2.20. The molecule has 1 amide bonds. The molecule has 0 fully saturated rings. The number of nitrogens with zero attached hydrogens (tertiary/aromatic N) is 1. The topological polar surface area (TPSA) is 81.0 Å². The Balaban J connectivity index is 0.00000139. The van der Waals surface area contributed by atoms with E-state index in [4.69, 9.17) is 10.2 Å². The molecule has 0 bridgehead atoms. The first-order chi connectivity index (χ1) is 11.7. The van der Waals surface area contributed by atoms with Gasteiger partial charge >= 0.3 is 0 Å². The van der Waals surface area contributed by atoms with Crippen LogP contribution in [0.25, 0.3) is 11.1 Å². The summed E-state index contributed by atoms with van der Waals surface area (Å²) >= 11 is 0. The molecule has 0 heterocycles. The lowest BCUT2D eigenvalue weighted by Gasteiger charge is -2.20. The Morgan fingerprint density at radius 1 is 0.833 bits per heavy atom. The van der Waals surface area contributed by atoms with E-state index in [2.05, 4.69) is 0 Å². The van der Waals surface area contributed by atoms with E-state index in [-0.39, 0.29) is 38.0 Å². The predicted molar refractivity (Wildman–Crippen MR) is 95.0 cm³/mol. The molecule has 5 nitrogen and oxygen atoms in total. The van der Waals surface area contributed by atoms with Crippen LogP contribution in [-0.4, -0.2) is 52.4 Å². The number of amides is 1. The van der Waals surface area contributed by atoms with Crippen molar-refractivity contribution in [3.05, 3.63) is 54.1 Å². The second-order valence-electron chi connectivity index (χ2n) is 4.86. The van der Waals surface area contributed by atoms with Gasteiger partial charge in [0, 0.05) is 18.7 Å². The van der Waals surface area contributed by atoms with Crippen LogP contribution in [0.2, 0.25) is 0 Å². The van der Waals surface area contributed by atoms with E-state index in [1.165, 1.54) is 4.90 Å². The largest absolute Gasteiger partial charge is 0.508 e. The van der Waals surface area contributed by atoms with Crippen LogP contribution in [0.1, 0.15) is 24.2 Å². The van der Waals surface area contributed by atoms with Gasteiger partial charge in [-0.3, -0.25) is 4.79 Å². The highest BCUT2D eigenvalue weighted by Gasteiger charge is 2.14. The van der Waals surface area contributed by atoms with E-state index in [9.17, 15) is 9.90 Å². The number of phenolic OH excluding ortho intramolecular Hbond substituents is 1. The van der Waals surface area contributed by atoms with Crippen molar-refractivity contribution >= 4 is 5.91 Å². The summed E-state index contributed by atoms with van der Waals surface area (Å²) in [5, 5.41) is 27.2. The van der Waals surface area contributed by atoms with E-state index in [1.807, 2.05) is 26.0 Å². The normalized spacial score (nSPS) is 9.83. The molecule has 130 valence electrons. The van der Waals surface area contributed by atoms with E-state index >= 15 is 0 Å². The molecule has 24 heavy (non-hydrogen) atoms. The SMILES string of the molecule is CC.O=C(c1ccc(-c2ccc(O)cc2)cc1)N(CCO)CCO. The minimum Gasteiger partial charge on any atom is -0.508 e. The zero-order chi connectivity index (χ0) is 17.9. The predicted octanol–water partition coefficient (Wildman–Crippen LogP) is 2.51. The fourth-order valence-corrected chi connectivity index (χ4v) is 2.20. The van der Waals surface area contributed by atoms with Crippen LogP contribution in [0, 0.1) is 0 Å². The third kappa shape index (κ3) is 5.37. The first-order valence-electron chi connectivity index (χ1n) is 8.06. The number of carbonyl (C=O) groups excluding carboxylic acids is 1. The number of rotatable bonds is 6. The average molecular weight is 331 g/mol. The van der Waals surface area contributed by atoms with Crippen molar-refractivity contribution in [1.29, 1.82) is 0 Å².